The summed E-state index contributed by atoms with van der Waals surface area (Å²) in [6, 6.07) is 5.53. The number of amides is 1. The number of hydrogen-bond donors (Lipinski definition) is 1. The van der Waals surface area contributed by atoms with Gasteiger partial charge in [0, 0.05) is 48.3 Å². The maximum atomic E-state index is 12.3. The normalized spacial score (nSPS) is 16.2. The van der Waals surface area contributed by atoms with Crippen LogP contribution >= 0.6 is 23.2 Å². The molecule has 0 spiro atoms. The minimum Gasteiger partial charge on any atom is -0.444 e. The first-order valence-electron chi connectivity index (χ1n) is 10.6. The van der Waals surface area contributed by atoms with Crippen molar-refractivity contribution in [3.05, 3.63) is 46.8 Å². The van der Waals surface area contributed by atoms with Crippen LogP contribution in [0.3, 0.4) is 0 Å². The van der Waals surface area contributed by atoms with E-state index in [2.05, 4.69) is 22.1 Å². The van der Waals surface area contributed by atoms with Crippen molar-refractivity contribution in [1.82, 2.24) is 19.7 Å². The molecule has 1 fully saturated rings. The first kappa shape index (κ1) is 22.7. The SMILES string of the molecule is CC1(NC(=O)OC(C)(C)C)CCN(c2ncc(-c3cccc(Cl)c3Cl)c3nccn23)CC1. The smallest absolute Gasteiger partial charge is 0.408 e. The lowest BCUT2D eigenvalue weighted by molar-refractivity contribution is 0.0448. The first-order chi connectivity index (χ1) is 15.1. The van der Waals surface area contributed by atoms with Crippen molar-refractivity contribution in [2.45, 2.75) is 51.7 Å². The Morgan fingerprint density at radius 1 is 1.16 bits per heavy atom. The summed E-state index contributed by atoms with van der Waals surface area (Å²) in [5.41, 5.74) is 1.52. The van der Waals surface area contributed by atoms with E-state index in [1.165, 1.54) is 0 Å². The second-order valence-corrected chi connectivity index (χ2v) is 10.2. The van der Waals surface area contributed by atoms with Gasteiger partial charge in [0.25, 0.3) is 0 Å². The molecule has 3 heterocycles. The molecule has 32 heavy (non-hydrogen) atoms. The largest absolute Gasteiger partial charge is 0.444 e. The molecular weight excluding hydrogens is 449 g/mol. The highest BCUT2D eigenvalue weighted by atomic mass is 35.5. The number of fused-ring (bicyclic) bond motifs is 1. The first-order valence-corrected chi connectivity index (χ1v) is 11.3. The summed E-state index contributed by atoms with van der Waals surface area (Å²) in [6.07, 6.45) is 6.60. The summed E-state index contributed by atoms with van der Waals surface area (Å²) < 4.78 is 7.40. The lowest BCUT2D eigenvalue weighted by atomic mass is 9.90. The Morgan fingerprint density at radius 3 is 2.56 bits per heavy atom. The standard InChI is InChI=1S/C23H27Cl2N5O2/c1-22(2,3)32-21(31)28-23(4)8-11-29(12-9-23)20-27-14-16(19-26-10-13-30(19)20)15-6-5-7-17(24)18(15)25/h5-7,10,13-14H,8-9,11-12H2,1-4H3,(H,28,31). The van der Waals surface area contributed by atoms with Crippen LogP contribution in [-0.4, -0.2) is 44.7 Å². The summed E-state index contributed by atoms with van der Waals surface area (Å²) in [4.78, 5) is 23.7. The lowest BCUT2D eigenvalue weighted by Crippen LogP contribution is -2.54. The number of nitrogens with one attached hydrogen (secondary N) is 1. The van der Waals surface area contributed by atoms with Crippen molar-refractivity contribution in [3.63, 3.8) is 0 Å². The van der Waals surface area contributed by atoms with E-state index in [-0.39, 0.29) is 11.6 Å². The number of alkyl carbamates (subject to hydrolysis) is 1. The van der Waals surface area contributed by atoms with Crippen molar-refractivity contribution >= 4 is 40.9 Å². The van der Waals surface area contributed by atoms with E-state index >= 15 is 0 Å². The van der Waals surface area contributed by atoms with Gasteiger partial charge >= 0.3 is 6.09 Å². The average Bonchev–Trinajstić information content (AvgIpc) is 3.18. The fourth-order valence-electron chi connectivity index (χ4n) is 3.92. The molecule has 9 heteroatoms. The van der Waals surface area contributed by atoms with Crippen molar-refractivity contribution in [3.8, 4) is 11.1 Å². The zero-order valence-electron chi connectivity index (χ0n) is 18.7. The molecule has 0 radical (unpaired) electrons. The number of carbonyl (C=O) groups excluding carboxylic acids is 1. The molecule has 0 atom stereocenters. The monoisotopic (exact) mass is 475 g/mol. The summed E-state index contributed by atoms with van der Waals surface area (Å²) in [7, 11) is 0. The Morgan fingerprint density at radius 2 is 1.88 bits per heavy atom. The molecule has 7 nitrogen and oxygen atoms in total. The second kappa shape index (κ2) is 8.45. The highest BCUT2D eigenvalue weighted by Crippen LogP contribution is 2.36. The number of imidazole rings is 1. The van der Waals surface area contributed by atoms with E-state index in [1.807, 2.05) is 43.5 Å². The van der Waals surface area contributed by atoms with Crippen molar-refractivity contribution in [2.75, 3.05) is 18.0 Å². The zero-order chi connectivity index (χ0) is 23.1. The number of anilines is 1. The number of hydrogen-bond acceptors (Lipinski definition) is 5. The number of nitrogens with zero attached hydrogens (tertiary/aromatic N) is 4. The predicted octanol–water partition coefficient (Wildman–Crippen LogP) is 5.59. The average molecular weight is 476 g/mol. The third-order valence-corrected chi connectivity index (χ3v) is 6.42. The van der Waals surface area contributed by atoms with Gasteiger partial charge in [0.2, 0.25) is 5.95 Å². The molecule has 1 aliphatic heterocycles. The number of ether oxygens (including phenoxy) is 1. The molecule has 1 aromatic carbocycles. The van der Waals surface area contributed by atoms with Crippen LogP contribution in [0.1, 0.15) is 40.5 Å². The minimum absolute atomic E-state index is 0.332. The van der Waals surface area contributed by atoms with Crippen molar-refractivity contribution in [1.29, 1.82) is 0 Å². The third kappa shape index (κ3) is 4.64. The summed E-state index contributed by atoms with van der Waals surface area (Å²) in [5, 5.41) is 4.02. The topological polar surface area (TPSA) is 71.8 Å². The Labute approximate surface area is 197 Å². The number of piperidine rings is 1. The maximum Gasteiger partial charge on any atom is 0.408 e. The van der Waals surface area contributed by atoms with Crippen LogP contribution in [0, 0.1) is 0 Å². The van der Waals surface area contributed by atoms with Gasteiger partial charge < -0.3 is 15.0 Å². The van der Waals surface area contributed by atoms with Gasteiger partial charge in [-0.3, -0.25) is 4.40 Å². The van der Waals surface area contributed by atoms with Gasteiger partial charge in [-0.15, -0.1) is 0 Å². The molecule has 1 aliphatic rings. The highest BCUT2D eigenvalue weighted by Gasteiger charge is 2.34. The predicted molar refractivity (Wildman–Crippen MR) is 128 cm³/mol. The molecular formula is C23H27Cl2N5O2. The molecule has 0 saturated carbocycles. The molecule has 1 amide bonds. The summed E-state index contributed by atoms with van der Waals surface area (Å²) in [6.45, 7) is 9.12. The van der Waals surface area contributed by atoms with Gasteiger partial charge in [0.15, 0.2) is 0 Å². The van der Waals surface area contributed by atoms with Crippen LogP contribution in [0.4, 0.5) is 10.7 Å². The molecule has 0 unspecified atom stereocenters. The quantitative estimate of drug-likeness (QED) is 0.534. The molecule has 4 rings (SSSR count). The molecule has 0 bridgehead atoms. The molecule has 170 valence electrons. The number of benzene rings is 1. The molecule has 2 aromatic heterocycles. The van der Waals surface area contributed by atoms with E-state index in [9.17, 15) is 4.79 Å². The molecule has 1 saturated heterocycles. The number of carbonyl (C=O) groups is 1. The van der Waals surface area contributed by atoms with E-state index < -0.39 is 5.60 Å². The zero-order valence-corrected chi connectivity index (χ0v) is 20.2. The van der Waals surface area contributed by atoms with E-state index in [1.54, 1.807) is 18.5 Å². The molecule has 1 N–H and O–H groups in total. The van der Waals surface area contributed by atoms with E-state index in [0.29, 0.717) is 10.0 Å². The van der Waals surface area contributed by atoms with Crippen LogP contribution in [0.5, 0.6) is 0 Å². The highest BCUT2D eigenvalue weighted by molar-refractivity contribution is 6.43. The van der Waals surface area contributed by atoms with Crippen molar-refractivity contribution in [2.24, 2.45) is 0 Å². The van der Waals surface area contributed by atoms with Gasteiger partial charge in [-0.2, -0.15) is 0 Å². The lowest BCUT2D eigenvalue weighted by Gasteiger charge is -2.40. The van der Waals surface area contributed by atoms with E-state index in [0.717, 1.165) is 48.7 Å². The fourth-order valence-corrected chi connectivity index (χ4v) is 4.32. The van der Waals surface area contributed by atoms with Gasteiger partial charge in [-0.05, 0) is 46.6 Å². The molecule has 3 aromatic rings. The van der Waals surface area contributed by atoms with Gasteiger partial charge in [0.05, 0.1) is 10.0 Å². The van der Waals surface area contributed by atoms with Crippen LogP contribution in [-0.2, 0) is 4.74 Å². The van der Waals surface area contributed by atoms with Crippen LogP contribution in [0.15, 0.2) is 36.8 Å². The van der Waals surface area contributed by atoms with E-state index in [4.69, 9.17) is 32.9 Å². The van der Waals surface area contributed by atoms with Crippen LogP contribution in [0.25, 0.3) is 16.8 Å². The van der Waals surface area contributed by atoms with Gasteiger partial charge in [-0.1, -0.05) is 35.3 Å². The summed E-state index contributed by atoms with van der Waals surface area (Å²) in [5.74, 6) is 0.804. The van der Waals surface area contributed by atoms with Crippen LogP contribution in [0.2, 0.25) is 10.0 Å². The van der Waals surface area contributed by atoms with Gasteiger partial charge in [-0.25, -0.2) is 14.8 Å². The summed E-state index contributed by atoms with van der Waals surface area (Å²) >= 11 is 12.7. The van der Waals surface area contributed by atoms with Gasteiger partial charge in [0.1, 0.15) is 11.2 Å². The molecule has 0 aliphatic carbocycles. The number of aromatic nitrogens is 3. The maximum absolute atomic E-state index is 12.3. The Bertz CT molecular complexity index is 1150. The van der Waals surface area contributed by atoms with Crippen LogP contribution < -0.4 is 10.2 Å². The second-order valence-electron chi connectivity index (χ2n) is 9.37. The Balaban J connectivity index is 1.54. The Kier molecular flexibility index (Phi) is 5.98. The fraction of sp³-hybridized carbons (Fsp3) is 0.435. The third-order valence-electron chi connectivity index (χ3n) is 5.60. The van der Waals surface area contributed by atoms with Crippen molar-refractivity contribution < 1.29 is 9.53 Å². The minimum atomic E-state index is -0.522. The number of halogens is 2. The Hall–Kier alpha value is -2.51. The number of rotatable bonds is 3.